The predicted octanol–water partition coefficient (Wildman–Crippen LogP) is 5.02. The summed E-state index contributed by atoms with van der Waals surface area (Å²) in [5.41, 5.74) is 14.1. The zero-order valence-electron chi connectivity index (χ0n) is 29.7. The number of nitrogens with one attached hydrogen (secondary N) is 6. The zero-order chi connectivity index (χ0) is 42.8. The van der Waals surface area contributed by atoms with Gasteiger partial charge in [0, 0.05) is 22.1 Å². The molecule has 0 saturated carbocycles. The number of anilines is 3. The monoisotopic (exact) mass is 1020 g/mol. The number of hydrazone groups is 1. The Bertz CT molecular complexity index is 2510. The van der Waals surface area contributed by atoms with Crippen molar-refractivity contribution >= 4 is 146 Å². The van der Waals surface area contributed by atoms with Crippen molar-refractivity contribution in [3.63, 3.8) is 0 Å². The van der Waals surface area contributed by atoms with Gasteiger partial charge >= 0.3 is 0 Å². The van der Waals surface area contributed by atoms with Crippen molar-refractivity contribution in [1.29, 1.82) is 0 Å². The van der Waals surface area contributed by atoms with Crippen LogP contribution in [-0.2, 0) is 38.2 Å². The van der Waals surface area contributed by atoms with Crippen LogP contribution in [0.4, 0.5) is 17.1 Å². The van der Waals surface area contributed by atoms with Crippen LogP contribution in [0.25, 0.3) is 12.2 Å². The third kappa shape index (κ3) is 12.6. The minimum absolute atomic E-state index is 0.0283. The summed E-state index contributed by atoms with van der Waals surface area (Å²) in [7, 11) is -6.65. The molecule has 0 radical (unpaired) electrons. The Labute approximate surface area is 365 Å². The first-order valence-corrected chi connectivity index (χ1v) is 21.5. The molecule has 4 aromatic carbocycles. The molecule has 0 heterocycles. The minimum Gasteiger partial charge on any atom is -0.506 e. The summed E-state index contributed by atoms with van der Waals surface area (Å²) in [6.07, 6.45) is 4.00. The van der Waals surface area contributed by atoms with Crippen LogP contribution in [0.5, 0.6) is 5.75 Å². The van der Waals surface area contributed by atoms with Gasteiger partial charge in [0.2, 0.25) is 0 Å². The van der Waals surface area contributed by atoms with E-state index in [1.807, 2.05) is 0 Å². The number of amides is 2. The molecule has 58 heavy (non-hydrogen) atoms. The molecule has 4 rings (SSSR count). The van der Waals surface area contributed by atoms with Gasteiger partial charge in [-0.05, 0) is 134 Å². The van der Waals surface area contributed by atoms with E-state index in [1.54, 1.807) is 36.4 Å². The standard InChI is InChI=1S/C34H31Br2ClN8O9S4/c1-53-57(49,50)27-15-23(41-33(38)55)9-5-19(27)3-4-20-6-10-24(16-28(20)58(51,52)54-2)42-34(56)45-44-32(48)29(40-22-11-7-21(37)8-12-22)31(47)43-39-17-18-13-25(35)30(46)26(36)14-18/h3-17,29,40,46H,1-2H3,(H,43,47)(H,44,48)(H3,38,41,55)(H2,42,45,56)/b4-3+,39-17+. The number of benzene rings is 4. The van der Waals surface area contributed by atoms with Gasteiger partial charge in [0.25, 0.3) is 32.1 Å². The number of phenols is 1. The highest BCUT2D eigenvalue weighted by Gasteiger charge is 2.27. The van der Waals surface area contributed by atoms with Crippen LogP contribution in [0.15, 0.2) is 96.6 Å². The predicted molar refractivity (Wildman–Crippen MR) is 236 cm³/mol. The normalized spacial score (nSPS) is 12.2. The van der Waals surface area contributed by atoms with Gasteiger partial charge in [-0.3, -0.25) is 28.8 Å². The molecular formula is C34H31Br2ClN8O9S4. The van der Waals surface area contributed by atoms with Crippen LogP contribution in [0.1, 0.15) is 16.7 Å². The number of carbonyl (C=O) groups is 2. The zero-order valence-corrected chi connectivity index (χ0v) is 36.9. The fraction of sp³-hybridized carbons (Fsp3) is 0.0882. The Hall–Kier alpha value is -4.72. The molecule has 17 nitrogen and oxygen atoms in total. The minimum atomic E-state index is -4.36. The average Bonchev–Trinajstić information content (AvgIpc) is 3.18. The SMILES string of the molecule is COS(=O)(=O)c1cc(NC(N)=S)ccc1/C=C/c1ccc(NC(=S)NNC(=O)C(Nc2ccc(Cl)cc2)C(=O)N/N=C/c2cc(Br)c(O)c(Br)c2)cc1S(=O)(=O)OC. The quantitative estimate of drug-likeness (QED) is 0.0206. The van der Waals surface area contributed by atoms with Gasteiger partial charge in [-0.15, -0.1) is 0 Å². The van der Waals surface area contributed by atoms with Crippen LogP contribution >= 0.6 is 67.9 Å². The Morgan fingerprint density at radius 1 is 0.793 bits per heavy atom. The van der Waals surface area contributed by atoms with Crippen LogP contribution in [-0.4, -0.2) is 70.5 Å². The van der Waals surface area contributed by atoms with Crippen molar-refractivity contribution in [3.05, 3.63) is 103 Å². The molecule has 1 unspecified atom stereocenters. The average molecular weight is 1020 g/mol. The summed E-state index contributed by atoms with van der Waals surface area (Å²) < 4.78 is 61.6. The largest absolute Gasteiger partial charge is 0.506 e. The summed E-state index contributed by atoms with van der Waals surface area (Å²) in [4.78, 5) is 26.0. The lowest BCUT2D eigenvalue weighted by atomic mass is 10.1. The Balaban J connectivity index is 1.52. The van der Waals surface area contributed by atoms with Crippen molar-refractivity contribution < 1.29 is 39.9 Å². The van der Waals surface area contributed by atoms with Gasteiger partial charge < -0.3 is 26.8 Å². The number of aromatic hydroxyl groups is 1. The first kappa shape index (κ1) is 46.0. The highest BCUT2D eigenvalue weighted by atomic mass is 79.9. The van der Waals surface area contributed by atoms with E-state index in [1.165, 1.54) is 54.8 Å². The second kappa shape index (κ2) is 20.3. The molecule has 0 aromatic heterocycles. The number of nitrogens with two attached hydrogens (primary N) is 1. The number of hydrogen-bond donors (Lipinski definition) is 8. The molecule has 0 spiro atoms. The molecule has 0 fully saturated rings. The summed E-state index contributed by atoms with van der Waals surface area (Å²) in [6.45, 7) is 0. The Morgan fingerprint density at radius 2 is 1.29 bits per heavy atom. The van der Waals surface area contributed by atoms with Crippen molar-refractivity contribution in [2.24, 2.45) is 10.8 Å². The molecule has 0 saturated heterocycles. The second-order valence-electron chi connectivity index (χ2n) is 11.3. The van der Waals surface area contributed by atoms with E-state index in [2.05, 4.69) is 69.2 Å². The molecule has 1 atom stereocenters. The molecule has 0 aliphatic carbocycles. The van der Waals surface area contributed by atoms with Crippen LogP contribution in [0.2, 0.25) is 5.02 Å². The highest BCUT2D eigenvalue weighted by molar-refractivity contribution is 9.11. The Morgan fingerprint density at radius 3 is 1.79 bits per heavy atom. The van der Waals surface area contributed by atoms with E-state index in [4.69, 9.17) is 50.1 Å². The van der Waals surface area contributed by atoms with E-state index in [-0.39, 0.29) is 48.3 Å². The lowest BCUT2D eigenvalue weighted by Gasteiger charge is -2.19. The lowest BCUT2D eigenvalue weighted by molar-refractivity contribution is -0.130. The van der Waals surface area contributed by atoms with Crippen molar-refractivity contribution in [1.82, 2.24) is 16.3 Å². The summed E-state index contributed by atoms with van der Waals surface area (Å²) in [5.74, 6) is -1.81. The molecule has 4 aromatic rings. The number of rotatable bonds is 14. The molecule has 306 valence electrons. The second-order valence-corrected chi connectivity index (χ2v) is 17.6. The van der Waals surface area contributed by atoms with Crippen molar-refractivity contribution in [2.75, 3.05) is 30.2 Å². The van der Waals surface area contributed by atoms with E-state index in [9.17, 15) is 31.5 Å². The third-order valence-electron chi connectivity index (χ3n) is 7.38. The van der Waals surface area contributed by atoms with Crippen LogP contribution in [0.3, 0.4) is 0 Å². The maximum Gasteiger partial charge on any atom is 0.297 e. The molecule has 0 aliphatic heterocycles. The number of hydrogen-bond acceptors (Lipinski definition) is 13. The summed E-state index contributed by atoms with van der Waals surface area (Å²) in [5, 5.41) is 22.1. The third-order valence-corrected chi connectivity index (χ3v) is 11.8. The van der Waals surface area contributed by atoms with Gasteiger partial charge in [-0.2, -0.15) is 21.9 Å². The maximum atomic E-state index is 13.3. The first-order valence-electron chi connectivity index (χ1n) is 15.9. The first-order chi connectivity index (χ1) is 27.3. The lowest BCUT2D eigenvalue weighted by Crippen LogP contribution is -2.54. The molecule has 0 aliphatic rings. The highest BCUT2D eigenvalue weighted by Crippen LogP contribution is 2.33. The Kier molecular flexibility index (Phi) is 16.1. The van der Waals surface area contributed by atoms with Gasteiger partial charge in [-0.25, -0.2) is 5.43 Å². The molecule has 0 bridgehead atoms. The van der Waals surface area contributed by atoms with Gasteiger partial charge in [-0.1, -0.05) is 35.9 Å². The number of phenolic OH excluding ortho intramolecular Hbond substituents is 1. The topological polar surface area (TPSA) is 252 Å². The molecule has 9 N–H and O–H groups in total. The van der Waals surface area contributed by atoms with Gasteiger partial charge in [0.15, 0.2) is 16.3 Å². The van der Waals surface area contributed by atoms with Crippen molar-refractivity contribution in [2.45, 2.75) is 15.8 Å². The molecular weight excluding hydrogens is 988 g/mol. The van der Waals surface area contributed by atoms with E-state index < -0.39 is 38.1 Å². The van der Waals surface area contributed by atoms with Crippen LogP contribution in [0, 0.1) is 0 Å². The number of halogens is 3. The van der Waals surface area contributed by atoms with Gasteiger partial charge in [0.05, 0.1) is 29.4 Å². The van der Waals surface area contributed by atoms with E-state index in [0.29, 0.717) is 25.2 Å². The summed E-state index contributed by atoms with van der Waals surface area (Å²) in [6, 6.07) is 15.9. The smallest absolute Gasteiger partial charge is 0.297 e. The molecule has 24 heteroatoms. The van der Waals surface area contributed by atoms with Crippen LogP contribution < -0.4 is 38.0 Å². The number of carbonyl (C=O) groups excluding carboxylic acids is 2. The van der Waals surface area contributed by atoms with Crippen molar-refractivity contribution in [3.8, 4) is 5.75 Å². The number of nitrogens with zero attached hydrogens (tertiary/aromatic N) is 1. The van der Waals surface area contributed by atoms with E-state index in [0.717, 1.165) is 14.2 Å². The molecule has 2 amide bonds. The fourth-order valence-electron chi connectivity index (χ4n) is 4.64. The number of hydrazine groups is 1. The fourth-order valence-corrected chi connectivity index (χ4v) is 8.03. The number of thiocarbonyl (C=S) groups is 2. The van der Waals surface area contributed by atoms with E-state index >= 15 is 0 Å². The maximum absolute atomic E-state index is 13.3. The van der Waals surface area contributed by atoms with Gasteiger partial charge in [0.1, 0.15) is 15.5 Å². The summed E-state index contributed by atoms with van der Waals surface area (Å²) >= 11 is 22.5.